The molecule has 0 spiro atoms. The molecule has 1 aromatic carbocycles. The van der Waals surface area contributed by atoms with Gasteiger partial charge in [-0.1, -0.05) is 23.4 Å². The molecule has 5 nitrogen and oxygen atoms in total. The van der Waals surface area contributed by atoms with Crippen molar-refractivity contribution in [1.29, 1.82) is 0 Å². The van der Waals surface area contributed by atoms with Gasteiger partial charge in [-0.05, 0) is 29.1 Å². The maximum absolute atomic E-state index is 12.8. The van der Waals surface area contributed by atoms with E-state index in [1.54, 1.807) is 12.1 Å². The minimum Gasteiger partial charge on any atom is -0.346 e. The molecule has 1 amide bonds. The summed E-state index contributed by atoms with van der Waals surface area (Å²) in [5.41, 5.74) is 0.978. The molecule has 2 heterocycles. The van der Waals surface area contributed by atoms with E-state index in [0.29, 0.717) is 23.2 Å². The normalized spacial score (nSPS) is 10.7. The first-order valence-corrected chi connectivity index (χ1v) is 9.19. The van der Waals surface area contributed by atoms with Crippen molar-refractivity contribution in [3.05, 3.63) is 59.0 Å². The van der Waals surface area contributed by atoms with E-state index in [4.69, 9.17) is 4.52 Å². The van der Waals surface area contributed by atoms with Crippen LogP contribution >= 0.6 is 23.1 Å². The molecule has 0 saturated heterocycles. The lowest BCUT2D eigenvalue weighted by Crippen LogP contribution is -2.24. The highest BCUT2D eigenvalue weighted by molar-refractivity contribution is 7.99. The van der Waals surface area contributed by atoms with E-state index in [-0.39, 0.29) is 18.3 Å². The molecule has 24 heavy (non-hydrogen) atoms. The Morgan fingerprint density at radius 2 is 2.12 bits per heavy atom. The number of hydrogen-bond acceptors (Lipinski definition) is 6. The molecule has 0 unspecified atom stereocenters. The van der Waals surface area contributed by atoms with Crippen LogP contribution in [0.4, 0.5) is 4.39 Å². The Hall–Kier alpha value is -2.19. The van der Waals surface area contributed by atoms with Crippen LogP contribution in [0.1, 0.15) is 11.5 Å². The van der Waals surface area contributed by atoms with Crippen molar-refractivity contribution < 1.29 is 13.7 Å². The van der Waals surface area contributed by atoms with Crippen molar-refractivity contribution >= 4 is 29.0 Å². The first-order valence-electron chi connectivity index (χ1n) is 7.16. The number of nitrogens with one attached hydrogen (secondary N) is 1. The van der Waals surface area contributed by atoms with Crippen molar-refractivity contribution in [2.24, 2.45) is 0 Å². The van der Waals surface area contributed by atoms with Crippen molar-refractivity contribution in [3.8, 4) is 10.7 Å². The van der Waals surface area contributed by atoms with Crippen LogP contribution < -0.4 is 5.32 Å². The van der Waals surface area contributed by atoms with Gasteiger partial charge in [0.2, 0.25) is 17.6 Å². The molecule has 0 aliphatic carbocycles. The molecule has 0 fully saturated rings. The van der Waals surface area contributed by atoms with Gasteiger partial charge in [-0.15, -0.1) is 23.1 Å². The van der Waals surface area contributed by atoms with Crippen LogP contribution in [0.2, 0.25) is 0 Å². The number of carbonyl (C=O) groups is 1. The van der Waals surface area contributed by atoms with Gasteiger partial charge in [-0.2, -0.15) is 4.98 Å². The lowest BCUT2D eigenvalue weighted by molar-refractivity contribution is -0.118. The average Bonchev–Trinajstić information content (AvgIpc) is 3.26. The lowest BCUT2D eigenvalue weighted by atomic mass is 10.2. The monoisotopic (exact) mass is 363 g/mol. The van der Waals surface area contributed by atoms with Gasteiger partial charge in [-0.3, -0.25) is 4.79 Å². The van der Waals surface area contributed by atoms with Gasteiger partial charge in [0, 0.05) is 5.75 Å². The zero-order chi connectivity index (χ0) is 16.8. The first kappa shape index (κ1) is 16.7. The summed E-state index contributed by atoms with van der Waals surface area (Å²) in [5.74, 6) is 1.48. The Balaban J connectivity index is 1.40. The molecule has 1 N–H and O–H groups in total. The number of amides is 1. The molecule has 0 saturated carbocycles. The smallest absolute Gasteiger partial charge is 0.246 e. The van der Waals surface area contributed by atoms with E-state index in [0.717, 1.165) is 10.4 Å². The van der Waals surface area contributed by atoms with Gasteiger partial charge in [0.15, 0.2) is 0 Å². The molecule has 2 aromatic heterocycles. The van der Waals surface area contributed by atoms with Crippen LogP contribution in [0.25, 0.3) is 10.7 Å². The first-order chi connectivity index (χ1) is 11.7. The summed E-state index contributed by atoms with van der Waals surface area (Å²) in [7, 11) is 0. The summed E-state index contributed by atoms with van der Waals surface area (Å²) in [6.07, 6.45) is 0. The Bertz CT molecular complexity index is 788. The summed E-state index contributed by atoms with van der Waals surface area (Å²) in [6.45, 7) is 0.203. The number of hydrogen-bond donors (Lipinski definition) is 1. The fourth-order valence-corrected chi connectivity index (χ4v) is 3.37. The second-order valence-corrected chi connectivity index (χ2v) is 6.82. The molecule has 0 aliphatic heterocycles. The lowest BCUT2D eigenvalue weighted by Gasteiger charge is -2.03. The van der Waals surface area contributed by atoms with Gasteiger partial charge < -0.3 is 9.84 Å². The third-order valence-electron chi connectivity index (χ3n) is 3.06. The zero-order valence-electron chi connectivity index (χ0n) is 12.6. The molecular formula is C16H14FN3O2S2. The summed E-state index contributed by atoms with van der Waals surface area (Å²) in [4.78, 5) is 17.0. The Morgan fingerprint density at radius 1 is 1.29 bits per heavy atom. The largest absolute Gasteiger partial charge is 0.346 e. The number of nitrogens with zero attached hydrogens (tertiary/aromatic N) is 2. The van der Waals surface area contributed by atoms with Crippen LogP contribution in [0.5, 0.6) is 0 Å². The van der Waals surface area contributed by atoms with Gasteiger partial charge in [0.05, 0.1) is 17.2 Å². The maximum Gasteiger partial charge on any atom is 0.246 e. The van der Waals surface area contributed by atoms with Crippen LogP contribution in [-0.4, -0.2) is 21.8 Å². The molecule has 0 aliphatic rings. The summed E-state index contributed by atoms with van der Waals surface area (Å²) < 4.78 is 17.9. The molecule has 0 bridgehead atoms. The average molecular weight is 363 g/mol. The highest BCUT2D eigenvalue weighted by Gasteiger charge is 2.10. The third-order valence-corrected chi connectivity index (χ3v) is 4.93. The van der Waals surface area contributed by atoms with E-state index < -0.39 is 0 Å². The second kappa shape index (κ2) is 8.07. The summed E-state index contributed by atoms with van der Waals surface area (Å²) in [5, 5.41) is 8.56. The number of aromatic nitrogens is 2. The molecule has 8 heteroatoms. The number of halogens is 1. The van der Waals surface area contributed by atoms with E-state index in [1.807, 2.05) is 17.5 Å². The minimum atomic E-state index is -0.261. The predicted octanol–water partition coefficient (Wildman–Crippen LogP) is 3.49. The van der Waals surface area contributed by atoms with E-state index in [2.05, 4.69) is 15.5 Å². The van der Waals surface area contributed by atoms with Crippen molar-refractivity contribution in [2.75, 3.05) is 5.75 Å². The van der Waals surface area contributed by atoms with E-state index in [9.17, 15) is 9.18 Å². The number of carbonyl (C=O) groups excluding carboxylic acids is 1. The minimum absolute atomic E-state index is 0.113. The molecule has 3 rings (SSSR count). The topological polar surface area (TPSA) is 68.0 Å². The standard InChI is InChI=1S/C16H14FN3O2S2/c17-12-5-3-11(4-6-12)9-23-10-14(21)18-8-15-19-16(20-22-15)13-2-1-7-24-13/h1-7H,8-10H2,(H,18,21). The molecule has 0 atom stereocenters. The third kappa shape index (κ3) is 4.65. The summed E-state index contributed by atoms with van der Waals surface area (Å²) >= 11 is 2.98. The summed E-state index contributed by atoms with van der Waals surface area (Å²) in [6, 6.07) is 10.1. The Kier molecular flexibility index (Phi) is 5.60. The van der Waals surface area contributed by atoms with E-state index in [1.165, 1.54) is 35.2 Å². The van der Waals surface area contributed by atoms with Crippen LogP contribution in [0, 0.1) is 5.82 Å². The zero-order valence-corrected chi connectivity index (χ0v) is 14.2. The molecular weight excluding hydrogens is 349 g/mol. The number of thiophene rings is 1. The molecule has 3 aromatic rings. The highest BCUT2D eigenvalue weighted by atomic mass is 32.2. The van der Waals surface area contributed by atoms with Gasteiger partial charge in [-0.25, -0.2) is 4.39 Å². The number of thioether (sulfide) groups is 1. The second-order valence-electron chi connectivity index (χ2n) is 4.89. The van der Waals surface area contributed by atoms with Crippen molar-refractivity contribution in [1.82, 2.24) is 15.5 Å². The van der Waals surface area contributed by atoms with Crippen molar-refractivity contribution in [3.63, 3.8) is 0 Å². The maximum atomic E-state index is 12.8. The molecule has 124 valence electrons. The highest BCUT2D eigenvalue weighted by Crippen LogP contribution is 2.21. The molecule has 0 radical (unpaired) electrons. The van der Waals surface area contributed by atoms with Gasteiger partial charge in [0.1, 0.15) is 5.82 Å². The number of benzene rings is 1. The fourth-order valence-electron chi connectivity index (χ4n) is 1.90. The van der Waals surface area contributed by atoms with Gasteiger partial charge in [0.25, 0.3) is 0 Å². The van der Waals surface area contributed by atoms with Crippen LogP contribution in [0.3, 0.4) is 0 Å². The van der Waals surface area contributed by atoms with Crippen molar-refractivity contribution in [2.45, 2.75) is 12.3 Å². The van der Waals surface area contributed by atoms with Gasteiger partial charge >= 0.3 is 0 Å². The number of rotatable bonds is 7. The fraction of sp³-hybridized carbons (Fsp3) is 0.188. The quantitative estimate of drug-likeness (QED) is 0.696. The predicted molar refractivity (Wildman–Crippen MR) is 92.0 cm³/mol. The Labute approximate surface area is 146 Å². The Morgan fingerprint density at radius 3 is 2.88 bits per heavy atom. The SMILES string of the molecule is O=C(CSCc1ccc(F)cc1)NCc1nc(-c2cccs2)no1. The van der Waals surface area contributed by atoms with Crippen LogP contribution in [-0.2, 0) is 17.1 Å². The van der Waals surface area contributed by atoms with Crippen LogP contribution in [0.15, 0.2) is 46.3 Å². The van der Waals surface area contributed by atoms with E-state index >= 15 is 0 Å².